The number of halogens is 1. The van der Waals surface area contributed by atoms with Gasteiger partial charge in [0.25, 0.3) is 0 Å². The van der Waals surface area contributed by atoms with E-state index in [1.165, 1.54) is 36.7 Å². The molecule has 3 aliphatic rings. The molecule has 7 heteroatoms. The van der Waals surface area contributed by atoms with Crippen LogP contribution in [0.25, 0.3) is 0 Å². The van der Waals surface area contributed by atoms with Gasteiger partial charge in [-0.2, -0.15) is 0 Å². The van der Waals surface area contributed by atoms with Gasteiger partial charge in [0.2, 0.25) is 10.0 Å². The average molecular weight is 473 g/mol. The maximum atomic E-state index is 13.8. The molecule has 2 aliphatic carbocycles. The fourth-order valence-corrected chi connectivity index (χ4v) is 6.64. The topological polar surface area (TPSA) is 58.6 Å². The summed E-state index contributed by atoms with van der Waals surface area (Å²) in [5, 5.41) is 0. The summed E-state index contributed by atoms with van der Waals surface area (Å²) in [6, 6.07) is 13.2. The number of nitrogens with one attached hydrogen (secondary N) is 1. The highest BCUT2D eigenvalue weighted by atomic mass is 32.2. The van der Waals surface area contributed by atoms with E-state index in [-0.39, 0.29) is 18.1 Å². The lowest BCUT2D eigenvalue weighted by Crippen LogP contribution is -2.41. The Bertz CT molecular complexity index is 1080. The molecule has 2 atom stereocenters. The van der Waals surface area contributed by atoms with Gasteiger partial charge in [0, 0.05) is 13.1 Å². The predicted octanol–water partition coefficient (Wildman–Crippen LogP) is 3.74. The normalized spacial score (nSPS) is 22.7. The molecule has 5 rings (SSSR count). The summed E-state index contributed by atoms with van der Waals surface area (Å²) < 4.78 is 46.5. The van der Waals surface area contributed by atoms with E-state index in [0.717, 1.165) is 43.5 Å². The summed E-state index contributed by atoms with van der Waals surface area (Å²) in [6.07, 6.45) is 5.15. The lowest BCUT2D eigenvalue weighted by Gasteiger charge is -2.35. The van der Waals surface area contributed by atoms with Gasteiger partial charge >= 0.3 is 0 Å². The molecule has 5 nitrogen and oxygen atoms in total. The zero-order chi connectivity index (χ0) is 22.8. The minimum atomic E-state index is -3.21. The molecule has 33 heavy (non-hydrogen) atoms. The highest BCUT2D eigenvalue weighted by Crippen LogP contribution is 2.42. The van der Waals surface area contributed by atoms with Gasteiger partial charge in [0.1, 0.15) is 18.2 Å². The van der Waals surface area contributed by atoms with Crippen LogP contribution in [0.2, 0.25) is 0 Å². The summed E-state index contributed by atoms with van der Waals surface area (Å²) in [6.45, 7) is 3.99. The Morgan fingerprint density at radius 3 is 2.70 bits per heavy atom. The number of ether oxygens (including phenoxy) is 1. The molecule has 1 heterocycles. The van der Waals surface area contributed by atoms with E-state index < -0.39 is 10.0 Å². The molecule has 0 radical (unpaired) electrons. The Balaban J connectivity index is 1.25. The average Bonchev–Trinajstić information content (AvgIpc) is 3.48. The fraction of sp³-hybridized carbons (Fsp3) is 0.538. The van der Waals surface area contributed by atoms with Crippen molar-refractivity contribution in [2.75, 3.05) is 38.5 Å². The molecule has 1 saturated heterocycles. The van der Waals surface area contributed by atoms with Crippen molar-refractivity contribution in [3.05, 3.63) is 65.0 Å². The largest absolute Gasteiger partial charge is 0.492 e. The lowest BCUT2D eigenvalue weighted by molar-refractivity contribution is 0.145. The van der Waals surface area contributed by atoms with E-state index >= 15 is 0 Å². The lowest BCUT2D eigenvalue weighted by atomic mass is 9.86. The molecular formula is C26H33FN2O3S. The van der Waals surface area contributed by atoms with Crippen LogP contribution in [0.3, 0.4) is 0 Å². The molecule has 1 aliphatic heterocycles. The zero-order valence-corrected chi connectivity index (χ0v) is 19.8. The van der Waals surface area contributed by atoms with Crippen LogP contribution in [-0.4, -0.2) is 51.9 Å². The van der Waals surface area contributed by atoms with Gasteiger partial charge in [-0.1, -0.05) is 18.2 Å². The number of rotatable bonds is 11. The standard InChI is InChI=1S/C26H33FN2O3S/c27-23-4-1-3-20(13-23)14-25-22(17-29-10-2-11-29)15-21-7-8-24(16-26(21)25)32-12-9-28-33(30,31)18-19-5-6-19/h1,3-4,7-8,13,16,19,22,25,28H,2,5-6,9-12,14-15,17-18H2. The third kappa shape index (κ3) is 5.94. The minimum absolute atomic E-state index is 0.189. The van der Waals surface area contributed by atoms with E-state index in [4.69, 9.17) is 4.74 Å². The number of hydrogen-bond acceptors (Lipinski definition) is 4. The van der Waals surface area contributed by atoms with Gasteiger partial charge < -0.3 is 9.64 Å². The van der Waals surface area contributed by atoms with E-state index in [1.54, 1.807) is 12.1 Å². The minimum Gasteiger partial charge on any atom is -0.492 e. The molecule has 0 bridgehead atoms. The zero-order valence-electron chi connectivity index (χ0n) is 19.0. The number of sulfonamides is 1. The van der Waals surface area contributed by atoms with Crippen molar-refractivity contribution in [1.82, 2.24) is 9.62 Å². The van der Waals surface area contributed by atoms with Crippen molar-refractivity contribution in [3.8, 4) is 5.75 Å². The van der Waals surface area contributed by atoms with Gasteiger partial charge in [-0.25, -0.2) is 17.5 Å². The van der Waals surface area contributed by atoms with Crippen molar-refractivity contribution in [2.24, 2.45) is 11.8 Å². The third-order valence-electron chi connectivity index (χ3n) is 7.20. The molecule has 178 valence electrons. The molecule has 0 spiro atoms. The van der Waals surface area contributed by atoms with Crippen molar-refractivity contribution >= 4 is 10.0 Å². The predicted molar refractivity (Wildman–Crippen MR) is 128 cm³/mol. The van der Waals surface area contributed by atoms with E-state index in [0.29, 0.717) is 24.4 Å². The second-order valence-corrected chi connectivity index (χ2v) is 11.7. The fourth-order valence-electron chi connectivity index (χ4n) is 5.17. The monoisotopic (exact) mass is 472 g/mol. The van der Waals surface area contributed by atoms with Crippen LogP contribution in [0, 0.1) is 17.7 Å². The van der Waals surface area contributed by atoms with Crippen molar-refractivity contribution in [2.45, 2.75) is 38.0 Å². The molecule has 1 saturated carbocycles. The quantitative estimate of drug-likeness (QED) is 0.506. The Morgan fingerprint density at radius 2 is 1.97 bits per heavy atom. The number of likely N-dealkylation sites (tertiary alicyclic amines) is 1. The van der Waals surface area contributed by atoms with Gasteiger partial charge in [-0.15, -0.1) is 0 Å². The molecule has 2 fully saturated rings. The Labute approximate surface area is 196 Å². The van der Waals surface area contributed by atoms with Gasteiger partial charge in [-0.3, -0.25) is 0 Å². The van der Waals surface area contributed by atoms with Crippen LogP contribution in [-0.2, 0) is 22.9 Å². The molecular weight excluding hydrogens is 439 g/mol. The summed E-state index contributed by atoms with van der Waals surface area (Å²) >= 11 is 0. The molecule has 0 aromatic heterocycles. The maximum absolute atomic E-state index is 13.8. The first-order valence-corrected chi connectivity index (χ1v) is 13.8. The number of benzene rings is 2. The van der Waals surface area contributed by atoms with E-state index in [9.17, 15) is 12.8 Å². The van der Waals surface area contributed by atoms with Crippen molar-refractivity contribution in [3.63, 3.8) is 0 Å². The van der Waals surface area contributed by atoms with Crippen LogP contribution in [0.15, 0.2) is 42.5 Å². The first kappa shape index (κ1) is 22.8. The second kappa shape index (κ2) is 9.72. The molecule has 0 amide bonds. The van der Waals surface area contributed by atoms with E-state index in [1.807, 2.05) is 12.1 Å². The van der Waals surface area contributed by atoms with Gasteiger partial charge in [0.05, 0.1) is 5.75 Å². The highest BCUT2D eigenvalue weighted by Gasteiger charge is 2.35. The summed E-state index contributed by atoms with van der Waals surface area (Å²) in [5.74, 6) is 1.97. The van der Waals surface area contributed by atoms with Crippen molar-refractivity contribution in [1.29, 1.82) is 0 Å². The van der Waals surface area contributed by atoms with Crippen LogP contribution in [0.1, 0.15) is 41.9 Å². The van der Waals surface area contributed by atoms with Crippen LogP contribution < -0.4 is 9.46 Å². The number of hydrogen-bond donors (Lipinski definition) is 1. The SMILES string of the molecule is O=S(=O)(CC1CC1)NCCOc1ccc2c(c1)C(Cc1cccc(F)c1)C(CN1CCC1)C2. The van der Waals surface area contributed by atoms with Crippen LogP contribution in [0.5, 0.6) is 5.75 Å². The van der Waals surface area contributed by atoms with Crippen LogP contribution >= 0.6 is 0 Å². The van der Waals surface area contributed by atoms with Gasteiger partial charge in [-0.05, 0) is 104 Å². The number of nitrogens with zero attached hydrogens (tertiary/aromatic N) is 1. The van der Waals surface area contributed by atoms with Crippen molar-refractivity contribution < 1.29 is 17.5 Å². The summed E-state index contributed by atoms with van der Waals surface area (Å²) in [5.41, 5.74) is 3.66. The molecule has 2 unspecified atom stereocenters. The molecule has 2 aromatic rings. The molecule has 2 aromatic carbocycles. The highest BCUT2D eigenvalue weighted by molar-refractivity contribution is 7.89. The number of fused-ring (bicyclic) bond motifs is 1. The smallest absolute Gasteiger partial charge is 0.211 e. The third-order valence-corrected chi connectivity index (χ3v) is 8.75. The maximum Gasteiger partial charge on any atom is 0.211 e. The summed E-state index contributed by atoms with van der Waals surface area (Å²) in [4.78, 5) is 2.51. The molecule has 1 N–H and O–H groups in total. The first-order valence-electron chi connectivity index (χ1n) is 12.1. The summed E-state index contributed by atoms with van der Waals surface area (Å²) in [7, 11) is -3.21. The Morgan fingerprint density at radius 1 is 1.12 bits per heavy atom. The Hall–Kier alpha value is -1.96. The van der Waals surface area contributed by atoms with Gasteiger partial charge in [0.15, 0.2) is 0 Å². The second-order valence-electron chi connectivity index (χ2n) is 9.89. The first-order chi connectivity index (χ1) is 15.9. The van der Waals surface area contributed by atoms with Crippen LogP contribution in [0.4, 0.5) is 4.39 Å². The Kier molecular flexibility index (Phi) is 6.72. The van der Waals surface area contributed by atoms with E-state index in [2.05, 4.69) is 21.8 Å².